The molecule has 0 aromatic heterocycles. The molecule has 2 N–H and O–H groups in total. The van der Waals surface area contributed by atoms with Gasteiger partial charge in [-0.1, -0.05) is 56.6 Å². The van der Waals surface area contributed by atoms with Gasteiger partial charge in [-0.15, -0.1) is 0 Å². The maximum atomic E-state index is 11.6. The normalized spacial score (nSPS) is 12.9. The highest BCUT2D eigenvalue weighted by molar-refractivity contribution is 6.74. The molecule has 7 heteroatoms. The van der Waals surface area contributed by atoms with Gasteiger partial charge in [0.05, 0.1) is 19.1 Å². The first kappa shape index (κ1) is 27.4. The predicted molar refractivity (Wildman–Crippen MR) is 141 cm³/mol. The molecule has 33 heavy (non-hydrogen) atoms. The van der Waals surface area contributed by atoms with E-state index in [2.05, 4.69) is 50.6 Å². The third-order valence-corrected chi connectivity index (χ3v) is 10.8. The van der Waals surface area contributed by atoms with E-state index in [0.717, 1.165) is 34.9 Å². The molecule has 0 saturated carbocycles. The van der Waals surface area contributed by atoms with Crippen molar-refractivity contribution in [3.8, 4) is 0 Å². The van der Waals surface area contributed by atoms with E-state index in [-0.39, 0.29) is 17.1 Å². The van der Waals surface area contributed by atoms with E-state index >= 15 is 0 Å². The average Bonchev–Trinajstić information content (AvgIpc) is 2.73. The molecule has 2 aromatic rings. The number of benzene rings is 2. The largest absolute Gasteiger partial charge is 0.466 e. The van der Waals surface area contributed by atoms with Gasteiger partial charge in [0.2, 0.25) is 0 Å². The van der Waals surface area contributed by atoms with Crippen molar-refractivity contribution in [3.63, 3.8) is 0 Å². The Bertz CT molecular complexity index is 882. The number of rotatable bonds is 12. The number of carbonyl (C=O) groups is 1. The Balaban J connectivity index is 1.87. The summed E-state index contributed by atoms with van der Waals surface area (Å²) in [6.07, 6.45) is 0.251. The molecule has 0 amide bonds. The lowest BCUT2D eigenvalue weighted by atomic mass is 10.1. The SMILES string of the molecule is CCOC(=O)Cc1ccc(NCCNCC(O[Si](C)(C)C(C)(C)C)c2cccc(Cl)c2)cc1. The number of hydrogen-bond acceptors (Lipinski definition) is 5. The minimum absolute atomic E-state index is 0.0493. The summed E-state index contributed by atoms with van der Waals surface area (Å²) in [6.45, 7) is 15.8. The Labute approximate surface area is 205 Å². The van der Waals surface area contributed by atoms with Gasteiger partial charge >= 0.3 is 5.97 Å². The highest BCUT2D eigenvalue weighted by Gasteiger charge is 2.39. The van der Waals surface area contributed by atoms with Crippen LogP contribution in [0, 0.1) is 0 Å². The fraction of sp³-hybridized carbons (Fsp3) is 0.500. The van der Waals surface area contributed by atoms with Crippen LogP contribution < -0.4 is 10.6 Å². The van der Waals surface area contributed by atoms with E-state index in [1.54, 1.807) is 0 Å². The maximum absolute atomic E-state index is 11.6. The molecule has 0 spiro atoms. The molecule has 0 aliphatic rings. The Morgan fingerprint density at radius 2 is 1.79 bits per heavy atom. The molecule has 2 rings (SSSR count). The molecule has 0 aliphatic heterocycles. The van der Waals surface area contributed by atoms with Crippen LogP contribution in [0.2, 0.25) is 23.2 Å². The van der Waals surface area contributed by atoms with Crippen LogP contribution in [-0.2, 0) is 20.4 Å². The van der Waals surface area contributed by atoms with Crippen molar-refractivity contribution in [2.45, 2.75) is 58.4 Å². The summed E-state index contributed by atoms with van der Waals surface area (Å²) >= 11 is 6.26. The van der Waals surface area contributed by atoms with Gasteiger partial charge in [-0.3, -0.25) is 4.79 Å². The van der Waals surface area contributed by atoms with Crippen LogP contribution in [0.4, 0.5) is 5.69 Å². The van der Waals surface area contributed by atoms with E-state index in [9.17, 15) is 4.79 Å². The molecule has 0 radical (unpaired) electrons. The highest BCUT2D eigenvalue weighted by atomic mass is 35.5. The second-order valence-electron chi connectivity index (χ2n) is 9.73. The van der Waals surface area contributed by atoms with Gasteiger partial charge in [0.15, 0.2) is 8.32 Å². The van der Waals surface area contributed by atoms with E-state index < -0.39 is 8.32 Å². The molecule has 0 saturated heterocycles. The van der Waals surface area contributed by atoms with Gasteiger partial charge in [-0.05, 0) is 60.4 Å². The third kappa shape index (κ3) is 9.12. The maximum Gasteiger partial charge on any atom is 0.310 e. The van der Waals surface area contributed by atoms with Gasteiger partial charge in [0.1, 0.15) is 0 Å². The van der Waals surface area contributed by atoms with Crippen LogP contribution in [0.15, 0.2) is 48.5 Å². The van der Waals surface area contributed by atoms with E-state index in [4.69, 9.17) is 20.8 Å². The molecular weight excluding hydrogens is 452 g/mol. The number of ether oxygens (including phenoxy) is 1. The van der Waals surface area contributed by atoms with Crippen LogP contribution in [0.5, 0.6) is 0 Å². The first-order valence-corrected chi connectivity index (χ1v) is 14.9. The number of hydrogen-bond donors (Lipinski definition) is 2. The zero-order valence-electron chi connectivity index (χ0n) is 20.8. The number of esters is 1. The number of anilines is 1. The summed E-state index contributed by atoms with van der Waals surface area (Å²) in [6, 6.07) is 15.8. The molecule has 1 unspecified atom stereocenters. The zero-order valence-corrected chi connectivity index (χ0v) is 22.6. The van der Waals surface area contributed by atoms with Crippen LogP contribution in [0.25, 0.3) is 0 Å². The van der Waals surface area contributed by atoms with Crippen molar-refractivity contribution in [3.05, 3.63) is 64.7 Å². The molecule has 2 aromatic carbocycles. The lowest BCUT2D eigenvalue weighted by molar-refractivity contribution is -0.142. The number of carbonyl (C=O) groups excluding carboxylic acids is 1. The van der Waals surface area contributed by atoms with Crippen molar-refractivity contribution in [2.75, 3.05) is 31.6 Å². The smallest absolute Gasteiger partial charge is 0.310 e. The van der Waals surface area contributed by atoms with Crippen LogP contribution in [0.1, 0.15) is 44.9 Å². The topological polar surface area (TPSA) is 59.6 Å². The summed E-state index contributed by atoms with van der Waals surface area (Å²) in [4.78, 5) is 11.6. The molecule has 0 bridgehead atoms. The molecule has 0 fully saturated rings. The van der Waals surface area contributed by atoms with Crippen LogP contribution in [-0.4, -0.2) is 40.5 Å². The van der Waals surface area contributed by atoms with Gasteiger partial charge in [-0.25, -0.2) is 0 Å². The van der Waals surface area contributed by atoms with Crippen molar-refractivity contribution < 1.29 is 14.0 Å². The third-order valence-electron chi connectivity index (χ3n) is 6.03. The van der Waals surface area contributed by atoms with Crippen molar-refractivity contribution >= 4 is 31.6 Å². The van der Waals surface area contributed by atoms with Gasteiger partial charge < -0.3 is 19.8 Å². The monoisotopic (exact) mass is 490 g/mol. The standard InChI is InChI=1S/C26H39ClN2O3Si/c1-7-31-25(30)17-20-11-13-23(14-12-20)29-16-15-28-19-24(21-9-8-10-22(27)18-21)32-33(5,6)26(2,3)4/h8-14,18,24,28-29H,7,15-17,19H2,1-6H3. The fourth-order valence-electron chi connectivity index (χ4n) is 3.11. The minimum Gasteiger partial charge on any atom is -0.466 e. The second-order valence-corrected chi connectivity index (χ2v) is 14.9. The Kier molecular flexibility index (Phi) is 10.4. The summed E-state index contributed by atoms with van der Waals surface area (Å²) in [5.41, 5.74) is 3.07. The number of nitrogens with one attached hydrogen (secondary N) is 2. The molecule has 0 heterocycles. The van der Waals surface area contributed by atoms with Gasteiger partial charge in [0, 0.05) is 30.3 Å². The molecule has 182 valence electrons. The summed E-state index contributed by atoms with van der Waals surface area (Å²) in [7, 11) is -1.94. The average molecular weight is 491 g/mol. The Morgan fingerprint density at radius 1 is 1.09 bits per heavy atom. The Morgan fingerprint density at radius 3 is 2.39 bits per heavy atom. The number of halogens is 1. The van der Waals surface area contributed by atoms with Crippen LogP contribution in [0.3, 0.4) is 0 Å². The summed E-state index contributed by atoms with van der Waals surface area (Å²) < 4.78 is 11.7. The second kappa shape index (κ2) is 12.6. The van der Waals surface area contributed by atoms with Crippen molar-refractivity contribution in [1.29, 1.82) is 0 Å². The zero-order chi connectivity index (χ0) is 24.5. The van der Waals surface area contributed by atoms with Crippen molar-refractivity contribution in [1.82, 2.24) is 5.32 Å². The van der Waals surface area contributed by atoms with Crippen molar-refractivity contribution in [2.24, 2.45) is 0 Å². The van der Waals surface area contributed by atoms with E-state index in [0.29, 0.717) is 19.6 Å². The Hall–Kier alpha value is -1.86. The molecule has 5 nitrogen and oxygen atoms in total. The quantitative estimate of drug-likeness (QED) is 0.210. The van der Waals surface area contributed by atoms with E-state index in [1.165, 1.54) is 0 Å². The molecule has 0 aliphatic carbocycles. The van der Waals surface area contributed by atoms with E-state index in [1.807, 2.05) is 49.4 Å². The highest BCUT2D eigenvalue weighted by Crippen LogP contribution is 2.39. The van der Waals surface area contributed by atoms with Crippen LogP contribution >= 0.6 is 11.6 Å². The summed E-state index contributed by atoms with van der Waals surface area (Å²) in [5, 5.41) is 7.80. The van der Waals surface area contributed by atoms with Gasteiger partial charge in [-0.2, -0.15) is 0 Å². The first-order chi connectivity index (χ1) is 15.5. The van der Waals surface area contributed by atoms with Gasteiger partial charge in [0.25, 0.3) is 0 Å². The lowest BCUT2D eigenvalue weighted by Crippen LogP contribution is -2.43. The lowest BCUT2D eigenvalue weighted by Gasteiger charge is -2.39. The summed E-state index contributed by atoms with van der Waals surface area (Å²) in [5.74, 6) is -0.198. The fourth-order valence-corrected chi connectivity index (χ4v) is 4.60. The molecule has 1 atom stereocenters. The predicted octanol–water partition coefficient (Wildman–Crippen LogP) is 6.21. The molecular formula is C26H39ClN2O3Si. The minimum atomic E-state index is -1.94. The first-order valence-electron chi connectivity index (χ1n) is 11.6.